The van der Waals surface area contributed by atoms with Gasteiger partial charge in [-0.3, -0.25) is 4.79 Å². The topological polar surface area (TPSA) is 55.0 Å². The maximum Gasteiger partial charge on any atom is 0.260 e. The summed E-state index contributed by atoms with van der Waals surface area (Å²) < 4.78 is 5.40. The third kappa shape index (κ3) is 3.07. The van der Waals surface area contributed by atoms with Gasteiger partial charge in [-0.15, -0.1) is 11.3 Å². The van der Waals surface area contributed by atoms with Crippen molar-refractivity contribution in [2.45, 2.75) is 38.5 Å². The number of hydrogen-bond acceptors (Lipinski definition) is 4. The summed E-state index contributed by atoms with van der Waals surface area (Å²) >= 11 is 7.79. The van der Waals surface area contributed by atoms with E-state index in [0.717, 1.165) is 29.5 Å². The molecule has 1 aliphatic carbocycles. The maximum atomic E-state index is 12.8. The second kappa shape index (κ2) is 6.81. The predicted molar refractivity (Wildman–Crippen MR) is 103 cm³/mol. The molecule has 0 radical (unpaired) electrons. The van der Waals surface area contributed by atoms with E-state index in [2.05, 4.69) is 4.98 Å². The monoisotopic (exact) mass is 374 g/mol. The lowest BCUT2D eigenvalue weighted by molar-refractivity contribution is 0.416. The number of fused-ring (bicyclic) bond motifs is 3. The number of nitrogens with zero attached hydrogens (tertiary/aromatic N) is 1. The minimum Gasteiger partial charge on any atom is -0.496 e. The van der Waals surface area contributed by atoms with Crippen molar-refractivity contribution in [2.24, 2.45) is 0 Å². The van der Waals surface area contributed by atoms with Crippen molar-refractivity contribution in [3.8, 4) is 17.1 Å². The first-order chi connectivity index (χ1) is 12.2. The Hall–Kier alpha value is -1.85. The van der Waals surface area contributed by atoms with Crippen molar-refractivity contribution in [2.75, 3.05) is 7.11 Å². The van der Waals surface area contributed by atoms with Crippen molar-refractivity contribution in [1.29, 1.82) is 0 Å². The van der Waals surface area contributed by atoms with E-state index in [-0.39, 0.29) is 5.56 Å². The molecule has 2 aromatic heterocycles. The van der Waals surface area contributed by atoms with Gasteiger partial charge in [0.2, 0.25) is 0 Å². The lowest BCUT2D eigenvalue weighted by Gasteiger charge is -2.09. The zero-order chi connectivity index (χ0) is 17.4. The van der Waals surface area contributed by atoms with Crippen LogP contribution in [0.25, 0.3) is 21.6 Å². The minimum atomic E-state index is -0.0693. The fourth-order valence-corrected chi connectivity index (χ4v) is 4.94. The Morgan fingerprint density at radius 3 is 2.80 bits per heavy atom. The van der Waals surface area contributed by atoms with E-state index in [0.29, 0.717) is 22.2 Å². The first-order valence-corrected chi connectivity index (χ1v) is 9.75. The zero-order valence-electron chi connectivity index (χ0n) is 14.0. The average molecular weight is 375 g/mol. The molecule has 1 aliphatic rings. The molecule has 6 heteroatoms. The number of aromatic amines is 1. The van der Waals surface area contributed by atoms with Crippen LogP contribution in [-0.2, 0) is 12.8 Å². The van der Waals surface area contributed by atoms with Gasteiger partial charge in [-0.05, 0) is 49.4 Å². The number of H-pyrrole nitrogens is 1. The molecule has 4 rings (SSSR count). The summed E-state index contributed by atoms with van der Waals surface area (Å²) in [7, 11) is 1.60. The Bertz CT molecular complexity index is 993. The summed E-state index contributed by atoms with van der Waals surface area (Å²) in [6, 6.07) is 5.32. The zero-order valence-corrected chi connectivity index (χ0v) is 15.6. The van der Waals surface area contributed by atoms with Crippen LogP contribution < -0.4 is 10.3 Å². The summed E-state index contributed by atoms with van der Waals surface area (Å²) in [4.78, 5) is 22.6. The second-order valence-corrected chi connectivity index (χ2v) is 7.88. The van der Waals surface area contributed by atoms with Gasteiger partial charge in [-0.1, -0.05) is 24.4 Å². The first-order valence-electron chi connectivity index (χ1n) is 8.56. The molecular formula is C19H19ClN2O2S. The van der Waals surface area contributed by atoms with Gasteiger partial charge in [0.15, 0.2) is 0 Å². The van der Waals surface area contributed by atoms with Gasteiger partial charge >= 0.3 is 0 Å². The van der Waals surface area contributed by atoms with Gasteiger partial charge < -0.3 is 9.72 Å². The molecule has 0 spiro atoms. The van der Waals surface area contributed by atoms with Crippen LogP contribution in [0.15, 0.2) is 23.0 Å². The number of aromatic nitrogens is 2. The third-order valence-electron chi connectivity index (χ3n) is 4.74. The SMILES string of the molecule is COc1ccc(Cl)cc1-c1nc2sc3c(c2c(=O)[nH]1)CCCCCC3. The van der Waals surface area contributed by atoms with Gasteiger partial charge in [0, 0.05) is 9.90 Å². The van der Waals surface area contributed by atoms with Gasteiger partial charge in [0.05, 0.1) is 18.1 Å². The first kappa shape index (κ1) is 16.6. The molecule has 4 nitrogen and oxygen atoms in total. The largest absolute Gasteiger partial charge is 0.496 e. The Morgan fingerprint density at radius 1 is 1.20 bits per heavy atom. The van der Waals surface area contributed by atoms with Crippen molar-refractivity contribution < 1.29 is 4.74 Å². The lowest BCUT2D eigenvalue weighted by Crippen LogP contribution is -2.11. The van der Waals surface area contributed by atoms with E-state index in [4.69, 9.17) is 21.3 Å². The molecule has 25 heavy (non-hydrogen) atoms. The lowest BCUT2D eigenvalue weighted by atomic mass is 9.98. The number of hydrogen-bond donors (Lipinski definition) is 1. The molecule has 0 saturated heterocycles. The van der Waals surface area contributed by atoms with Gasteiger partial charge in [-0.25, -0.2) is 4.98 Å². The Balaban J connectivity index is 1.91. The summed E-state index contributed by atoms with van der Waals surface area (Å²) in [5.41, 5.74) is 1.84. The molecule has 130 valence electrons. The number of benzene rings is 1. The quantitative estimate of drug-likeness (QED) is 0.688. The number of thiophene rings is 1. The number of ether oxygens (including phenoxy) is 1. The number of halogens is 1. The molecule has 1 aromatic carbocycles. The van der Waals surface area contributed by atoms with E-state index < -0.39 is 0 Å². The molecule has 0 unspecified atom stereocenters. The van der Waals surface area contributed by atoms with E-state index in [1.807, 2.05) is 0 Å². The highest BCUT2D eigenvalue weighted by Gasteiger charge is 2.19. The average Bonchev–Trinajstić information content (AvgIpc) is 2.92. The fourth-order valence-electron chi connectivity index (χ4n) is 3.51. The summed E-state index contributed by atoms with van der Waals surface area (Å²) in [5.74, 6) is 1.15. The normalized spacial score (nSPS) is 14.8. The smallest absolute Gasteiger partial charge is 0.260 e. The van der Waals surface area contributed by atoms with E-state index in [1.54, 1.807) is 36.6 Å². The number of methoxy groups -OCH3 is 1. The molecule has 3 aromatic rings. The van der Waals surface area contributed by atoms with Crippen molar-refractivity contribution in [3.05, 3.63) is 44.0 Å². The van der Waals surface area contributed by atoms with Crippen LogP contribution in [0.5, 0.6) is 5.75 Å². The highest BCUT2D eigenvalue weighted by molar-refractivity contribution is 7.18. The molecule has 0 atom stereocenters. The highest BCUT2D eigenvalue weighted by atomic mass is 35.5. The molecule has 0 amide bonds. The number of rotatable bonds is 2. The van der Waals surface area contributed by atoms with Crippen LogP contribution in [0, 0.1) is 0 Å². The van der Waals surface area contributed by atoms with Gasteiger partial charge in [0.25, 0.3) is 5.56 Å². The van der Waals surface area contributed by atoms with Crippen LogP contribution in [-0.4, -0.2) is 17.1 Å². The second-order valence-electron chi connectivity index (χ2n) is 6.36. The molecular weight excluding hydrogens is 356 g/mol. The van der Waals surface area contributed by atoms with E-state index in [9.17, 15) is 4.79 Å². The molecule has 0 bridgehead atoms. The van der Waals surface area contributed by atoms with Crippen LogP contribution in [0.1, 0.15) is 36.1 Å². The molecule has 0 aliphatic heterocycles. The summed E-state index contributed by atoms with van der Waals surface area (Å²) in [5, 5.41) is 1.35. The molecule has 0 saturated carbocycles. The van der Waals surface area contributed by atoms with Crippen molar-refractivity contribution >= 4 is 33.2 Å². The Morgan fingerprint density at radius 2 is 2.00 bits per heavy atom. The number of nitrogens with one attached hydrogen (secondary N) is 1. The van der Waals surface area contributed by atoms with Crippen LogP contribution in [0.4, 0.5) is 0 Å². The van der Waals surface area contributed by atoms with E-state index in [1.165, 1.54) is 29.7 Å². The van der Waals surface area contributed by atoms with Crippen LogP contribution in [0.3, 0.4) is 0 Å². The Kier molecular flexibility index (Phi) is 4.52. The molecule has 1 N–H and O–H groups in total. The summed E-state index contributed by atoms with van der Waals surface area (Å²) in [6.45, 7) is 0. The van der Waals surface area contributed by atoms with Crippen molar-refractivity contribution in [1.82, 2.24) is 9.97 Å². The molecule has 2 heterocycles. The van der Waals surface area contributed by atoms with Crippen molar-refractivity contribution in [3.63, 3.8) is 0 Å². The maximum absolute atomic E-state index is 12.8. The summed E-state index contributed by atoms with van der Waals surface area (Å²) in [6.07, 6.45) is 6.85. The standard InChI is InChI=1S/C19H19ClN2O2S/c1-24-14-9-8-11(20)10-13(14)17-21-18(23)16-12-6-4-2-3-5-7-15(12)25-19(16)22-17/h8-10H,2-7H2,1H3,(H,21,22,23). The van der Waals surface area contributed by atoms with Gasteiger partial charge in [-0.2, -0.15) is 0 Å². The number of aryl methyl sites for hydroxylation is 2. The predicted octanol–water partition coefficient (Wildman–Crippen LogP) is 4.97. The van der Waals surface area contributed by atoms with Gasteiger partial charge in [0.1, 0.15) is 16.4 Å². The van der Waals surface area contributed by atoms with Crippen LogP contribution in [0.2, 0.25) is 5.02 Å². The van der Waals surface area contributed by atoms with E-state index >= 15 is 0 Å². The molecule has 0 fully saturated rings. The van der Waals surface area contributed by atoms with Crippen LogP contribution >= 0.6 is 22.9 Å². The fraction of sp³-hybridized carbons (Fsp3) is 0.368. The highest BCUT2D eigenvalue weighted by Crippen LogP contribution is 2.35. The minimum absolute atomic E-state index is 0.0693. The Labute approximate surface area is 154 Å². The third-order valence-corrected chi connectivity index (χ3v) is 6.16.